The molecule has 5 rings (SSSR count). The molecule has 5 atom stereocenters. The first kappa shape index (κ1) is 20.0. The summed E-state index contributed by atoms with van der Waals surface area (Å²) < 4.78 is 19.1. The van der Waals surface area contributed by atoms with Crippen LogP contribution in [0.4, 0.5) is 10.1 Å². The standard InChI is InChI=1S/C25H33FN2O2/c1-17-4-3-9-25(2)15-23-20(14-22(17)25)21(24(29)30-23)16-27-10-12-28(13-11-27)19-7-5-18(26)6-8-19/h5-8,14,17,20-21,23H,3-4,9-13,15-16H2,1-2H3/t17-,20+,21+,23+,25+/m0/s1. The fourth-order valence-electron chi connectivity index (χ4n) is 6.38. The molecule has 1 aromatic rings. The van der Waals surface area contributed by atoms with Crippen LogP contribution in [0.15, 0.2) is 35.9 Å². The van der Waals surface area contributed by atoms with E-state index >= 15 is 0 Å². The highest BCUT2D eigenvalue weighted by Gasteiger charge is 2.52. The topological polar surface area (TPSA) is 32.8 Å². The molecule has 0 N–H and O–H groups in total. The molecule has 0 spiro atoms. The van der Waals surface area contributed by atoms with Crippen LogP contribution in [0.2, 0.25) is 0 Å². The summed E-state index contributed by atoms with van der Waals surface area (Å²) in [7, 11) is 0. The van der Waals surface area contributed by atoms with Crippen LogP contribution in [0, 0.1) is 29.0 Å². The number of fused-ring (bicyclic) bond motifs is 2. The van der Waals surface area contributed by atoms with Crippen LogP contribution in [-0.2, 0) is 9.53 Å². The summed E-state index contributed by atoms with van der Waals surface area (Å²) in [5, 5.41) is 0. The van der Waals surface area contributed by atoms with Gasteiger partial charge in [-0.1, -0.05) is 31.9 Å². The first-order valence-corrected chi connectivity index (χ1v) is 11.6. The summed E-state index contributed by atoms with van der Waals surface area (Å²) in [5.74, 6) is 0.615. The number of esters is 1. The van der Waals surface area contributed by atoms with Crippen molar-refractivity contribution < 1.29 is 13.9 Å². The number of allylic oxidation sites excluding steroid dienone is 1. The lowest BCUT2D eigenvalue weighted by Gasteiger charge is -2.46. The summed E-state index contributed by atoms with van der Waals surface area (Å²) in [4.78, 5) is 17.5. The van der Waals surface area contributed by atoms with Crippen LogP contribution in [-0.4, -0.2) is 49.7 Å². The van der Waals surface area contributed by atoms with Gasteiger partial charge in [0, 0.05) is 44.3 Å². The van der Waals surface area contributed by atoms with E-state index in [0.717, 1.165) is 44.8 Å². The minimum Gasteiger partial charge on any atom is -0.461 e. The lowest BCUT2D eigenvalue weighted by atomic mass is 9.59. The van der Waals surface area contributed by atoms with E-state index in [1.165, 1.54) is 31.4 Å². The predicted octanol–water partition coefficient (Wildman–Crippen LogP) is 4.26. The molecule has 4 aliphatic rings. The minimum atomic E-state index is -0.198. The molecular weight excluding hydrogens is 379 g/mol. The van der Waals surface area contributed by atoms with Gasteiger partial charge in [0.1, 0.15) is 11.9 Å². The molecule has 1 aromatic carbocycles. The lowest BCUT2D eigenvalue weighted by Crippen LogP contribution is -2.49. The summed E-state index contributed by atoms with van der Waals surface area (Å²) in [6.45, 7) is 9.15. The molecule has 0 bridgehead atoms. The third-order valence-electron chi connectivity index (χ3n) is 8.10. The fraction of sp³-hybridized carbons (Fsp3) is 0.640. The fourth-order valence-corrected chi connectivity index (χ4v) is 6.38. The van der Waals surface area contributed by atoms with E-state index in [4.69, 9.17) is 4.74 Å². The second-order valence-corrected chi connectivity index (χ2v) is 10.1. The van der Waals surface area contributed by atoms with E-state index in [2.05, 4.69) is 29.7 Å². The summed E-state index contributed by atoms with van der Waals surface area (Å²) >= 11 is 0. The Morgan fingerprint density at radius 1 is 1.17 bits per heavy atom. The predicted molar refractivity (Wildman–Crippen MR) is 116 cm³/mol. The minimum absolute atomic E-state index is 0.00212. The van der Waals surface area contributed by atoms with Crippen molar-refractivity contribution >= 4 is 11.7 Å². The Labute approximate surface area is 179 Å². The Hall–Kier alpha value is -1.88. The van der Waals surface area contributed by atoms with Crippen molar-refractivity contribution in [3.63, 3.8) is 0 Å². The number of piperazine rings is 1. The van der Waals surface area contributed by atoms with Crippen LogP contribution >= 0.6 is 0 Å². The monoisotopic (exact) mass is 412 g/mol. The van der Waals surface area contributed by atoms with Gasteiger partial charge in [-0.3, -0.25) is 9.69 Å². The zero-order valence-electron chi connectivity index (χ0n) is 18.1. The Balaban J connectivity index is 1.25. The molecule has 0 aromatic heterocycles. The van der Waals surface area contributed by atoms with Crippen LogP contribution in [0.5, 0.6) is 0 Å². The molecule has 0 amide bonds. The summed E-state index contributed by atoms with van der Waals surface area (Å²) in [6, 6.07) is 6.74. The number of rotatable bonds is 3. The van der Waals surface area contributed by atoms with Gasteiger partial charge in [-0.05, 0) is 54.9 Å². The number of nitrogens with zero attached hydrogens (tertiary/aromatic N) is 2. The van der Waals surface area contributed by atoms with Crippen molar-refractivity contribution in [2.45, 2.75) is 45.6 Å². The number of ether oxygens (including phenoxy) is 1. The van der Waals surface area contributed by atoms with E-state index in [-0.39, 0.29) is 35.1 Å². The third kappa shape index (κ3) is 3.55. The number of hydrogen-bond acceptors (Lipinski definition) is 4. The van der Waals surface area contributed by atoms with Gasteiger partial charge in [-0.2, -0.15) is 0 Å². The average molecular weight is 413 g/mol. The van der Waals surface area contributed by atoms with Gasteiger partial charge in [0.2, 0.25) is 0 Å². The normalized spacial score (nSPS) is 36.7. The van der Waals surface area contributed by atoms with Gasteiger partial charge >= 0.3 is 5.97 Å². The average Bonchev–Trinajstić information content (AvgIpc) is 3.01. The lowest BCUT2D eigenvalue weighted by molar-refractivity contribution is -0.145. The largest absolute Gasteiger partial charge is 0.461 e. The van der Waals surface area contributed by atoms with Gasteiger partial charge < -0.3 is 9.64 Å². The molecular formula is C25H33FN2O2. The second kappa shape index (κ2) is 7.67. The SMILES string of the molecule is C[C@H]1CCC[C@]2(C)C[C@H]3OC(=O)[C@H](CN4CCN(c5ccc(F)cc5)CC4)[C@H]3C=C12. The zero-order chi connectivity index (χ0) is 20.9. The van der Waals surface area contributed by atoms with Crippen molar-refractivity contribution in [2.24, 2.45) is 23.2 Å². The molecule has 30 heavy (non-hydrogen) atoms. The van der Waals surface area contributed by atoms with E-state index in [0.29, 0.717) is 5.92 Å². The highest BCUT2D eigenvalue weighted by Crippen LogP contribution is 2.54. The molecule has 4 nitrogen and oxygen atoms in total. The molecule has 2 heterocycles. The Bertz CT molecular complexity index is 830. The smallest absolute Gasteiger partial charge is 0.311 e. The van der Waals surface area contributed by atoms with Crippen molar-refractivity contribution in [2.75, 3.05) is 37.6 Å². The number of halogens is 1. The highest BCUT2D eigenvalue weighted by molar-refractivity contribution is 5.76. The number of anilines is 1. The van der Waals surface area contributed by atoms with E-state index in [9.17, 15) is 9.18 Å². The maximum absolute atomic E-state index is 13.2. The zero-order valence-corrected chi connectivity index (χ0v) is 18.1. The van der Waals surface area contributed by atoms with Gasteiger partial charge in [0.15, 0.2) is 0 Å². The van der Waals surface area contributed by atoms with E-state index in [1.54, 1.807) is 5.57 Å². The van der Waals surface area contributed by atoms with Gasteiger partial charge in [0.05, 0.1) is 5.92 Å². The number of carbonyl (C=O) groups is 1. The highest BCUT2D eigenvalue weighted by atomic mass is 19.1. The Morgan fingerprint density at radius 3 is 2.63 bits per heavy atom. The van der Waals surface area contributed by atoms with Gasteiger partial charge in [-0.15, -0.1) is 0 Å². The molecule has 2 aliphatic carbocycles. The van der Waals surface area contributed by atoms with E-state index in [1.807, 2.05) is 12.1 Å². The second-order valence-electron chi connectivity index (χ2n) is 10.1. The van der Waals surface area contributed by atoms with Gasteiger partial charge in [0.25, 0.3) is 0 Å². The molecule has 0 radical (unpaired) electrons. The van der Waals surface area contributed by atoms with Crippen LogP contribution in [0.1, 0.15) is 39.5 Å². The van der Waals surface area contributed by atoms with Crippen molar-refractivity contribution in [3.8, 4) is 0 Å². The summed E-state index contributed by atoms with van der Waals surface area (Å²) in [5.41, 5.74) is 2.87. The number of benzene rings is 1. The van der Waals surface area contributed by atoms with Crippen molar-refractivity contribution in [3.05, 3.63) is 41.7 Å². The maximum Gasteiger partial charge on any atom is 0.311 e. The molecule has 1 saturated carbocycles. The van der Waals surface area contributed by atoms with Crippen molar-refractivity contribution in [1.29, 1.82) is 0 Å². The van der Waals surface area contributed by atoms with Crippen molar-refractivity contribution in [1.82, 2.24) is 4.90 Å². The van der Waals surface area contributed by atoms with Crippen LogP contribution in [0.25, 0.3) is 0 Å². The molecule has 2 saturated heterocycles. The first-order valence-electron chi connectivity index (χ1n) is 11.6. The maximum atomic E-state index is 13.2. The van der Waals surface area contributed by atoms with Crippen LogP contribution in [0.3, 0.4) is 0 Å². The molecule has 0 unspecified atom stereocenters. The quantitative estimate of drug-likeness (QED) is 0.549. The Kier molecular flexibility index (Phi) is 5.12. The molecule has 2 aliphatic heterocycles. The summed E-state index contributed by atoms with van der Waals surface area (Å²) in [6.07, 6.45) is 7.27. The Morgan fingerprint density at radius 2 is 1.90 bits per heavy atom. The van der Waals surface area contributed by atoms with Gasteiger partial charge in [-0.25, -0.2) is 4.39 Å². The third-order valence-corrected chi connectivity index (χ3v) is 8.10. The molecule has 162 valence electrons. The van der Waals surface area contributed by atoms with Crippen LogP contribution < -0.4 is 4.90 Å². The number of carbonyl (C=O) groups excluding carboxylic acids is 1. The molecule has 3 fully saturated rings. The van der Waals surface area contributed by atoms with E-state index < -0.39 is 0 Å². The molecule has 5 heteroatoms. The first-order chi connectivity index (χ1) is 14.4. The number of hydrogen-bond donors (Lipinski definition) is 0.